The van der Waals surface area contributed by atoms with Gasteiger partial charge < -0.3 is 15.0 Å². The molecule has 176 valence electrons. The smallest absolute Gasteiger partial charge is 0.162 e. The summed E-state index contributed by atoms with van der Waals surface area (Å²) in [7, 11) is 0. The predicted octanol–water partition coefficient (Wildman–Crippen LogP) is 5.73. The van der Waals surface area contributed by atoms with Gasteiger partial charge in [-0.05, 0) is 62.9 Å². The Balaban J connectivity index is 1.63. The van der Waals surface area contributed by atoms with Crippen LogP contribution in [0.2, 0.25) is 0 Å². The molecular weight excluding hydrogens is 436 g/mol. The molecule has 8 heteroatoms. The van der Waals surface area contributed by atoms with E-state index in [1.54, 1.807) is 4.57 Å². The summed E-state index contributed by atoms with van der Waals surface area (Å²) in [6, 6.07) is 4.79. The molecule has 1 saturated heterocycles. The highest BCUT2D eigenvalue weighted by molar-refractivity contribution is 5.98. The number of aryl methyl sites for hydroxylation is 2. The van der Waals surface area contributed by atoms with Gasteiger partial charge in [0, 0.05) is 35.2 Å². The average molecular weight is 464 g/mol. The first-order valence-corrected chi connectivity index (χ1v) is 11.7. The van der Waals surface area contributed by atoms with Crippen LogP contribution in [0.25, 0.3) is 27.7 Å². The molecule has 1 unspecified atom stereocenters. The molecule has 0 amide bonds. The Bertz CT molecular complexity index is 1450. The van der Waals surface area contributed by atoms with Crippen LogP contribution in [0.4, 0.5) is 14.5 Å². The van der Waals surface area contributed by atoms with Crippen LogP contribution >= 0.6 is 0 Å². The average Bonchev–Trinajstić information content (AvgIpc) is 3.53. The minimum atomic E-state index is -0.518. The van der Waals surface area contributed by atoms with Crippen molar-refractivity contribution < 1.29 is 13.5 Å². The first-order chi connectivity index (χ1) is 16.3. The number of halogens is 2. The molecule has 34 heavy (non-hydrogen) atoms. The molecule has 2 N–H and O–H groups in total. The van der Waals surface area contributed by atoms with Crippen molar-refractivity contribution in [1.29, 1.82) is 0 Å². The third kappa shape index (κ3) is 2.94. The fraction of sp³-hybridized carbons (Fsp3) is 0.385. The fourth-order valence-corrected chi connectivity index (χ4v) is 5.47. The number of hydrogen-bond donors (Lipinski definition) is 2. The SMILES string of the molecule is CCc1cc(-c2cc(F)cc3c(C4CCOC4)c[nH]c23)c(F)c2c1NC(C)(C)c1nnc(C)n1-2. The zero-order valence-electron chi connectivity index (χ0n) is 19.7. The van der Waals surface area contributed by atoms with Crippen molar-refractivity contribution in [1.82, 2.24) is 19.7 Å². The van der Waals surface area contributed by atoms with Crippen molar-refractivity contribution in [2.75, 3.05) is 18.5 Å². The molecule has 0 radical (unpaired) electrons. The molecule has 4 heterocycles. The number of aromatic amines is 1. The van der Waals surface area contributed by atoms with Crippen molar-refractivity contribution in [3.63, 3.8) is 0 Å². The van der Waals surface area contributed by atoms with Crippen LogP contribution in [-0.4, -0.2) is 33.0 Å². The Kier molecular flexibility index (Phi) is 4.61. The van der Waals surface area contributed by atoms with Crippen LogP contribution in [0.15, 0.2) is 24.4 Å². The molecule has 0 aliphatic carbocycles. The molecule has 2 aromatic carbocycles. The Morgan fingerprint density at radius 3 is 2.74 bits per heavy atom. The maximum Gasteiger partial charge on any atom is 0.162 e. The number of fused-ring (bicyclic) bond motifs is 4. The quantitative estimate of drug-likeness (QED) is 0.407. The number of ether oxygens (including phenoxy) is 1. The van der Waals surface area contributed by atoms with Gasteiger partial charge in [-0.3, -0.25) is 4.57 Å². The van der Waals surface area contributed by atoms with Gasteiger partial charge in [0.25, 0.3) is 0 Å². The number of nitrogens with one attached hydrogen (secondary N) is 2. The number of nitrogens with zero attached hydrogens (tertiary/aromatic N) is 3. The van der Waals surface area contributed by atoms with Gasteiger partial charge in [0.2, 0.25) is 0 Å². The van der Waals surface area contributed by atoms with Crippen molar-refractivity contribution in [2.24, 2.45) is 0 Å². The van der Waals surface area contributed by atoms with Gasteiger partial charge in [-0.25, -0.2) is 8.78 Å². The lowest BCUT2D eigenvalue weighted by molar-refractivity contribution is 0.194. The topological polar surface area (TPSA) is 67.8 Å². The number of benzene rings is 2. The lowest BCUT2D eigenvalue weighted by atomic mass is 9.91. The minimum absolute atomic E-state index is 0.205. The summed E-state index contributed by atoms with van der Waals surface area (Å²) in [5.41, 5.74) is 4.16. The van der Waals surface area contributed by atoms with E-state index in [2.05, 4.69) is 20.5 Å². The van der Waals surface area contributed by atoms with Gasteiger partial charge in [-0.2, -0.15) is 0 Å². The monoisotopic (exact) mass is 463 g/mol. The second-order valence-corrected chi connectivity index (χ2v) is 9.81. The number of anilines is 1. The lowest BCUT2D eigenvalue weighted by Crippen LogP contribution is -2.37. The largest absolute Gasteiger partial charge is 0.381 e. The molecule has 1 fully saturated rings. The summed E-state index contributed by atoms with van der Waals surface area (Å²) in [5, 5.41) is 12.8. The zero-order valence-corrected chi connectivity index (χ0v) is 19.7. The van der Waals surface area contributed by atoms with Gasteiger partial charge in [-0.15, -0.1) is 10.2 Å². The summed E-state index contributed by atoms with van der Waals surface area (Å²) in [6.45, 7) is 9.18. The van der Waals surface area contributed by atoms with E-state index in [1.165, 1.54) is 12.1 Å². The van der Waals surface area contributed by atoms with Crippen LogP contribution in [0.3, 0.4) is 0 Å². The van der Waals surface area contributed by atoms with Gasteiger partial charge in [0.1, 0.15) is 17.3 Å². The Labute approximate surface area is 196 Å². The van der Waals surface area contributed by atoms with E-state index in [9.17, 15) is 4.39 Å². The van der Waals surface area contributed by atoms with Crippen LogP contribution in [0, 0.1) is 18.6 Å². The van der Waals surface area contributed by atoms with Crippen LogP contribution in [-0.2, 0) is 16.7 Å². The van der Waals surface area contributed by atoms with Crippen molar-refractivity contribution >= 4 is 16.6 Å². The zero-order chi connectivity index (χ0) is 23.8. The first-order valence-electron chi connectivity index (χ1n) is 11.7. The molecular formula is C26H27F2N5O. The lowest BCUT2D eigenvalue weighted by Gasteiger charge is -2.35. The van der Waals surface area contributed by atoms with E-state index in [0.29, 0.717) is 48.1 Å². The molecule has 2 aliphatic heterocycles. The molecule has 6 nitrogen and oxygen atoms in total. The predicted molar refractivity (Wildman–Crippen MR) is 128 cm³/mol. The van der Waals surface area contributed by atoms with Gasteiger partial charge in [0.15, 0.2) is 11.6 Å². The van der Waals surface area contributed by atoms with E-state index >= 15 is 4.39 Å². The third-order valence-corrected chi connectivity index (χ3v) is 7.19. The fourth-order valence-electron chi connectivity index (χ4n) is 5.47. The minimum Gasteiger partial charge on any atom is -0.381 e. The Morgan fingerprint density at radius 2 is 2.00 bits per heavy atom. The van der Waals surface area contributed by atoms with Crippen molar-refractivity contribution in [3.8, 4) is 16.8 Å². The second-order valence-electron chi connectivity index (χ2n) is 9.81. The highest BCUT2D eigenvalue weighted by Gasteiger charge is 2.37. The molecule has 0 saturated carbocycles. The molecule has 6 rings (SSSR count). The second kappa shape index (κ2) is 7.37. The van der Waals surface area contributed by atoms with E-state index in [1.807, 2.05) is 40.0 Å². The first kappa shape index (κ1) is 21.3. The normalized spacial score (nSPS) is 18.7. The van der Waals surface area contributed by atoms with Crippen molar-refractivity contribution in [2.45, 2.75) is 52.0 Å². The number of rotatable bonds is 3. The summed E-state index contributed by atoms with van der Waals surface area (Å²) in [4.78, 5) is 3.31. The van der Waals surface area contributed by atoms with E-state index in [4.69, 9.17) is 4.74 Å². The Morgan fingerprint density at radius 1 is 1.18 bits per heavy atom. The number of hydrogen-bond acceptors (Lipinski definition) is 4. The van der Waals surface area contributed by atoms with Gasteiger partial charge in [-0.1, -0.05) is 6.92 Å². The van der Waals surface area contributed by atoms with Gasteiger partial charge in [0.05, 0.1) is 23.3 Å². The van der Waals surface area contributed by atoms with Crippen molar-refractivity contribution in [3.05, 3.63) is 58.8 Å². The molecule has 1 atom stereocenters. The summed E-state index contributed by atoms with van der Waals surface area (Å²) in [6.07, 6.45) is 3.49. The van der Waals surface area contributed by atoms with E-state index in [-0.39, 0.29) is 5.92 Å². The van der Waals surface area contributed by atoms with E-state index in [0.717, 1.165) is 34.1 Å². The summed E-state index contributed by atoms with van der Waals surface area (Å²) in [5.74, 6) is 0.640. The number of H-pyrrole nitrogens is 1. The number of aromatic nitrogens is 4. The van der Waals surface area contributed by atoms with Gasteiger partial charge >= 0.3 is 0 Å². The van der Waals surface area contributed by atoms with Crippen LogP contribution in [0.5, 0.6) is 0 Å². The molecule has 0 spiro atoms. The summed E-state index contributed by atoms with van der Waals surface area (Å²) >= 11 is 0. The van der Waals surface area contributed by atoms with Crippen LogP contribution in [0.1, 0.15) is 55.9 Å². The highest BCUT2D eigenvalue weighted by atomic mass is 19.1. The van der Waals surface area contributed by atoms with E-state index < -0.39 is 17.2 Å². The maximum absolute atomic E-state index is 16.4. The molecule has 4 aromatic rings. The third-order valence-electron chi connectivity index (χ3n) is 7.19. The molecule has 2 aliphatic rings. The maximum atomic E-state index is 16.4. The highest BCUT2D eigenvalue weighted by Crippen LogP contribution is 2.45. The summed E-state index contributed by atoms with van der Waals surface area (Å²) < 4.78 is 38.7. The molecule has 2 aromatic heterocycles. The standard InChI is InChI=1S/C26H27F2N5O/c1-5-14-8-17(21(28)24-22(14)30-26(3,4)25-32-31-13(2)33(24)25)18-9-16(27)10-19-20(11-29-23(18)19)15-6-7-34-12-15/h8-11,15,29-30H,5-7,12H2,1-4H3. The van der Waals surface area contributed by atoms with Crippen LogP contribution < -0.4 is 5.32 Å². The Hall–Kier alpha value is -3.26. The molecule has 0 bridgehead atoms.